The van der Waals surface area contributed by atoms with Crippen LogP contribution in [0.4, 0.5) is 0 Å². The second-order valence-corrected chi connectivity index (χ2v) is 4.52. The number of Topliss-reactive ketones (excluding diaryl/α,β-unsaturated/α-hetero) is 1. The van der Waals surface area contributed by atoms with E-state index in [0.717, 1.165) is 11.1 Å². The number of carbonyl (C=O) groups is 1. The van der Waals surface area contributed by atoms with E-state index in [4.69, 9.17) is 0 Å². The summed E-state index contributed by atoms with van der Waals surface area (Å²) >= 11 is 0. The maximum absolute atomic E-state index is 12.3. The van der Waals surface area contributed by atoms with Crippen LogP contribution in [0.25, 0.3) is 0 Å². The van der Waals surface area contributed by atoms with Gasteiger partial charge in [-0.2, -0.15) is 0 Å². The summed E-state index contributed by atoms with van der Waals surface area (Å²) in [6, 6.07) is 18.2. The molecule has 0 aliphatic rings. The standard InChI is InChI=1S/C17H18O/c1-3-16(18)17(14-10-5-4-6-11-14)15-12-8-7-9-13(15)2/h4-12,17H,3H2,1-2H3. The lowest BCUT2D eigenvalue weighted by atomic mass is 9.84. The molecule has 0 heterocycles. The topological polar surface area (TPSA) is 17.1 Å². The zero-order valence-corrected chi connectivity index (χ0v) is 10.9. The van der Waals surface area contributed by atoms with Gasteiger partial charge in [-0.3, -0.25) is 4.79 Å². The molecule has 1 unspecified atom stereocenters. The van der Waals surface area contributed by atoms with Crippen molar-refractivity contribution in [3.05, 3.63) is 71.3 Å². The van der Waals surface area contributed by atoms with E-state index in [0.29, 0.717) is 6.42 Å². The minimum absolute atomic E-state index is 0.127. The van der Waals surface area contributed by atoms with E-state index in [1.165, 1.54) is 5.56 Å². The molecule has 92 valence electrons. The number of aryl methyl sites for hydroxylation is 1. The Bertz CT molecular complexity index is 528. The third-order valence-electron chi connectivity index (χ3n) is 3.30. The molecule has 0 spiro atoms. The Kier molecular flexibility index (Phi) is 3.93. The normalized spacial score (nSPS) is 12.1. The molecule has 2 aromatic rings. The van der Waals surface area contributed by atoms with E-state index in [-0.39, 0.29) is 11.7 Å². The summed E-state index contributed by atoms with van der Waals surface area (Å²) in [5.41, 5.74) is 3.38. The molecular weight excluding hydrogens is 220 g/mol. The predicted octanol–water partition coefficient (Wildman–Crippen LogP) is 4.11. The van der Waals surface area contributed by atoms with Crippen LogP contribution in [0.1, 0.15) is 36.0 Å². The van der Waals surface area contributed by atoms with Crippen molar-refractivity contribution >= 4 is 5.78 Å². The van der Waals surface area contributed by atoms with Crippen molar-refractivity contribution in [2.45, 2.75) is 26.2 Å². The van der Waals surface area contributed by atoms with E-state index >= 15 is 0 Å². The number of hydrogen-bond donors (Lipinski definition) is 0. The van der Waals surface area contributed by atoms with Gasteiger partial charge in [-0.25, -0.2) is 0 Å². The lowest BCUT2D eigenvalue weighted by molar-refractivity contribution is -0.119. The molecule has 0 N–H and O–H groups in total. The van der Waals surface area contributed by atoms with E-state index in [2.05, 4.69) is 19.1 Å². The van der Waals surface area contributed by atoms with Gasteiger partial charge in [-0.05, 0) is 23.6 Å². The fourth-order valence-corrected chi connectivity index (χ4v) is 2.30. The van der Waals surface area contributed by atoms with E-state index in [9.17, 15) is 4.79 Å². The highest BCUT2D eigenvalue weighted by Gasteiger charge is 2.21. The molecular formula is C17H18O. The van der Waals surface area contributed by atoms with Gasteiger partial charge in [0, 0.05) is 6.42 Å². The van der Waals surface area contributed by atoms with Crippen molar-refractivity contribution in [3.63, 3.8) is 0 Å². The minimum atomic E-state index is -0.127. The van der Waals surface area contributed by atoms with Crippen LogP contribution < -0.4 is 0 Å². The Hall–Kier alpha value is -1.89. The largest absolute Gasteiger partial charge is 0.299 e. The Morgan fingerprint density at radius 3 is 2.22 bits per heavy atom. The first kappa shape index (κ1) is 12.6. The molecule has 0 amide bonds. The zero-order chi connectivity index (χ0) is 13.0. The summed E-state index contributed by atoms with van der Waals surface area (Å²) in [4.78, 5) is 12.3. The van der Waals surface area contributed by atoms with Crippen molar-refractivity contribution in [1.82, 2.24) is 0 Å². The third-order valence-corrected chi connectivity index (χ3v) is 3.30. The first-order valence-electron chi connectivity index (χ1n) is 6.37. The lowest BCUT2D eigenvalue weighted by Gasteiger charge is -2.18. The van der Waals surface area contributed by atoms with E-state index in [1.807, 2.05) is 49.4 Å². The first-order valence-corrected chi connectivity index (χ1v) is 6.37. The molecule has 18 heavy (non-hydrogen) atoms. The first-order chi connectivity index (χ1) is 8.74. The van der Waals surface area contributed by atoms with Crippen molar-refractivity contribution < 1.29 is 4.79 Å². The summed E-state index contributed by atoms with van der Waals surface area (Å²) in [5, 5.41) is 0. The second kappa shape index (κ2) is 5.63. The van der Waals surface area contributed by atoms with Crippen molar-refractivity contribution in [3.8, 4) is 0 Å². The molecule has 1 atom stereocenters. The van der Waals surface area contributed by atoms with Crippen molar-refractivity contribution in [1.29, 1.82) is 0 Å². The SMILES string of the molecule is CCC(=O)C(c1ccccc1)c1ccccc1C. The molecule has 1 heteroatoms. The quantitative estimate of drug-likeness (QED) is 0.783. The molecule has 2 rings (SSSR count). The Balaban J connectivity index is 2.51. The maximum atomic E-state index is 12.3. The van der Waals surface area contributed by atoms with Gasteiger partial charge in [0.1, 0.15) is 5.78 Å². The van der Waals surface area contributed by atoms with Gasteiger partial charge in [0.05, 0.1) is 5.92 Å². The van der Waals surface area contributed by atoms with Crippen LogP contribution in [0, 0.1) is 6.92 Å². The van der Waals surface area contributed by atoms with Gasteiger partial charge >= 0.3 is 0 Å². The third kappa shape index (κ3) is 2.51. The van der Waals surface area contributed by atoms with E-state index in [1.54, 1.807) is 0 Å². The monoisotopic (exact) mass is 238 g/mol. The maximum Gasteiger partial charge on any atom is 0.144 e. The van der Waals surface area contributed by atoms with Gasteiger partial charge < -0.3 is 0 Å². The number of ketones is 1. The van der Waals surface area contributed by atoms with Crippen LogP contribution in [-0.2, 0) is 4.79 Å². The fourth-order valence-electron chi connectivity index (χ4n) is 2.30. The Morgan fingerprint density at radius 1 is 1.00 bits per heavy atom. The molecule has 0 saturated heterocycles. The van der Waals surface area contributed by atoms with Gasteiger partial charge in [0.25, 0.3) is 0 Å². The number of carbonyl (C=O) groups excluding carboxylic acids is 1. The summed E-state index contributed by atoms with van der Waals surface area (Å²) in [6.45, 7) is 3.99. The Morgan fingerprint density at radius 2 is 1.61 bits per heavy atom. The van der Waals surface area contributed by atoms with Gasteiger partial charge in [0.2, 0.25) is 0 Å². The van der Waals surface area contributed by atoms with Crippen LogP contribution in [0.5, 0.6) is 0 Å². The van der Waals surface area contributed by atoms with Crippen molar-refractivity contribution in [2.75, 3.05) is 0 Å². The molecule has 0 radical (unpaired) electrons. The average molecular weight is 238 g/mol. The summed E-state index contributed by atoms with van der Waals surface area (Å²) in [7, 11) is 0. The zero-order valence-electron chi connectivity index (χ0n) is 10.9. The fraction of sp³-hybridized carbons (Fsp3) is 0.235. The highest BCUT2D eigenvalue weighted by molar-refractivity contribution is 5.89. The molecule has 0 aliphatic carbocycles. The smallest absolute Gasteiger partial charge is 0.144 e. The lowest BCUT2D eigenvalue weighted by Crippen LogP contribution is -2.14. The highest BCUT2D eigenvalue weighted by atomic mass is 16.1. The number of benzene rings is 2. The molecule has 0 bridgehead atoms. The van der Waals surface area contributed by atoms with Gasteiger partial charge in [-0.15, -0.1) is 0 Å². The van der Waals surface area contributed by atoms with Crippen LogP contribution in [0.2, 0.25) is 0 Å². The molecule has 2 aromatic carbocycles. The Labute approximate surface area is 108 Å². The van der Waals surface area contributed by atoms with Gasteiger partial charge in [-0.1, -0.05) is 61.5 Å². The second-order valence-electron chi connectivity index (χ2n) is 4.52. The summed E-state index contributed by atoms with van der Waals surface area (Å²) < 4.78 is 0. The number of rotatable bonds is 4. The van der Waals surface area contributed by atoms with Crippen LogP contribution in [0.15, 0.2) is 54.6 Å². The van der Waals surface area contributed by atoms with Crippen LogP contribution in [0.3, 0.4) is 0 Å². The predicted molar refractivity (Wildman–Crippen MR) is 74.8 cm³/mol. The number of hydrogen-bond acceptors (Lipinski definition) is 1. The summed E-state index contributed by atoms with van der Waals surface area (Å²) in [5.74, 6) is 0.146. The van der Waals surface area contributed by atoms with Crippen LogP contribution >= 0.6 is 0 Å². The molecule has 0 fully saturated rings. The molecule has 1 nitrogen and oxygen atoms in total. The van der Waals surface area contributed by atoms with E-state index < -0.39 is 0 Å². The molecule has 0 aliphatic heterocycles. The van der Waals surface area contributed by atoms with Gasteiger partial charge in [0.15, 0.2) is 0 Å². The van der Waals surface area contributed by atoms with Crippen LogP contribution in [-0.4, -0.2) is 5.78 Å². The van der Waals surface area contributed by atoms with Crippen molar-refractivity contribution in [2.24, 2.45) is 0 Å². The highest BCUT2D eigenvalue weighted by Crippen LogP contribution is 2.28. The minimum Gasteiger partial charge on any atom is -0.299 e. The molecule has 0 aromatic heterocycles. The molecule has 0 saturated carbocycles. The summed E-state index contributed by atoms with van der Waals surface area (Å²) in [6.07, 6.45) is 0.563. The average Bonchev–Trinajstić information content (AvgIpc) is 2.42.